The Morgan fingerprint density at radius 1 is 1.33 bits per heavy atom. The number of alkyl halides is 3. The van der Waals surface area contributed by atoms with E-state index < -0.39 is 16.9 Å². The molecule has 4 nitrogen and oxygen atoms in total. The molecule has 8 heteroatoms. The van der Waals surface area contributed by atoms with Crippen LogP contribution in [-0.2, 0) is 19.6 Å². The molecule has 0 aliphatic heterocycles. The van der Waals surface area contributed by atoms with E-state index in [-0.39, 0.29) is 12.2 Å². The van der Waals surface area contributed by atoms with Crippen LogP contribution in [0, 0.1) is 0 Å². The molecule has 0 radical (unpaired) electrons. The van der Waals surface area contributed by atoms with Gasteiger partial charge >= 0.3 is 6.18 Å². The minimum Gasteiger partial charge on any atom is -0.276 e. The van der Waals surface area contributed by atoms with Gasteiger partial charge < -0.3 is 0 Å². The first-order valence-electron chi connectivity index (χ1n) is 4.92. The van der Waals surface area contributed by atoms with Gasteiger partial charge in [-0.05, 0) is 5.56 Å². The highest BCUT2D eigenvalue weighted by atomic mass is 35.5. The van der Waals surface area contributed by atoms with E-state index in [1.807, 2.05) is 0 Å². The van der Waals surface area contributed by atoms with Crippen LogP contribution in [0.4, 0.5) is 13.2 Å². The molecule has 0 saturated carbocycles. The van der Waals surface area contributed by atoms with E-state index in [4.69, 9.17) is 11.6 Å². The largest absolute Gasteiger partial charge is 0.420 e. The Labute approximate surface area is 105 Å². The van der Waals surface area contributed by atoms with Crippen LogP contribution in [0.2, 0.25) is 5.15 Å². The Kier molecular flexibility index (Phi) is 3.25. The van der Waals surface area contributed by atoms with Gasteiger partial charge in [-0.3, -0.25) is 4.68 Å². The summed E-state index contributed by atoms with van der Waals surface area (Å²) < 4.78 is 38.9. The van der Waals surface area contributed by atoms with Crippen molar-refractivity contribution in [2.24, 2.45) is 7.05 Å². The molecule has 96 valence electrons. The van der Waals surface area contributed by atoms with E-state index in [0.29, 0.717) is 6.20 Å². The van der Waals surface area contributed by atoms with Gasteiger partial charge in [0.25, 0.3) is 0 Å². The highest BCUT2D eigenvalue weighted by Crippen LogP contribution is 2.32. The summed E-state index contributed by atoms with van der Waals surface area (Å²) in [6, 6.07) is 0. The third kappa shape index (κ3) is 2.79. The van der Waals surface area contributed by atoms with Gasteiger partial charge in [-0.2, -0.15) is 18.3 Å². The van der Waals surface area contributed by atoms with Crippen LogP contribution in [0.5, 0.6) is 0 Å². The van der Waals surface area contributed by atoms with E-state index in [0.717, 1.165) is 5.56 Å². The van der Waals surface area contributed by atoms with Crippen molar-refractivity contribution in [1.29, 1.82) is 0 Å². The van der Waals surface area contributed by atoms with Crippen LogP contribution in [0.3, 0.4) is 0 Å². The van der Waals surface area contributed by atoms with Crippen LogP contribution in [0.1, 0.15) is 17.0 Å². The predicted molar refractivity (Wildman–Crippen MR) is 58.1 cm³/mol. The molecular formula is C10H8ClF3N4. The zero-order valence-electron chi connectivity index (χ0n) is 9.24. The molecule has 0 aliphatic carbocycles. The van der Waals surface area contributed by atoms with Gasteiger partial charge in [-0.25, -0.2) is 9.97 Å². The zero-order valence-corrected chi connectivity index (χ0v) is 10.00. The first-order chi connectivity index (χ1) is 8.36. The quantitative estimate of drug-likeness (QED) is 0.792. The van der Waals surface area contributed by atoms with Crippen molar-refractivity contribution in [1.82, 2.24) is 19.7 Å². The van der Waals surface area contributed by atoms with Gasteiger partial charge in [0.2, 0.25) is 0 Å². The van der Waals surface area contributed by atoms with Crippen LogP contribution in [0.25, 0.3) is 0 Å². The molecule has 2 aromatic heterocycles. The molecule has 0 bridgehead atoms. The maximum Gasteiger partial charge on any atom is 0.420 e. The number of halogens is 4. The molecule has 0 saturated heterocycles. The lowest BCUT2D eigenvalue weighted by atomic mass is 10.2. The van der Waals surface area contributed by atoms with Crippen LogP contribution in [0.15, 0.2) is 18.6 Å². The summed E-state index contributed by atoms with van der Waals surface area (Å²) in [5.74, 6) is 0.223. The zero-order chi connectivity index (χ0) is 13.3. The second-order valence-corrected chi connectivity index (χ2v) is 4.05. The average Bonchev–Trinajstić information content (AvgIpc) is 2.62. The number of aryl methyl sites for hydroxylation is 1. The highest BCUT2D eigenvalue weighted by Gasteiger charge is 2.34. The molecule has 0 atom stereocenters. The molecule has 2 rings (SSSR count). The molecule has 0 amide bonds. The van der Waals surface area contributed by atoms with Gasteiger partial charge in [-0.15, -0.1) is 0 Å². The van der Waals surface area contributed by atoms with Crippen molar-refractivity contribution in [3.63, 3.8) is 0 Å². The SMILES string of the molecule is Cn1cc(Cc2ncc(C(F)(F)F)c(Cl)n2)cn1. The maximum atomic E-state index is 12.4. The molecule has 2 heterocycles. The number of rotatable bonds is 2. The Morgan fingerprint density at radius 2 is 2.06 bits per heavy atom. The number of hydrogen-bond donors (Lipinski definition) is 0. The third-order valence-electron chi connectivity index (χ3n) is 2.22. The fourth-order valence-corrected chi connectivity index (χ4v) is 1.67. The van der Waals surface area contributed by atoms with E-state index >= 15 is 0 Å². The van der Waals surface area contributed by atoms with Crippen molar-refractivity contribution in [3.05, 3.63) is 40.7 Å². The van der Waals surface area contributed by atoms with Crippen molar-refractivity contribution < 1.29 is 13.2 Å². The summed E-state index contributed by atoms with van der Waals surface area (Å²) in [6.45, 7) is 0. The molecule has 0 N–H and O–H groups in total. The minimum atomic E-state index is -4.54. The predicted octanol–water partition coefficient (Wildman–Crippen LogP) is 2.47. The number of aromatic nitrogens is 4. The Hall–Kier alpha value is -1.63. The van der Waals surface area contributed by atoms with Gasteiger partial charge in [0.15, 0.2) is 0 Å². The van der Waals surface area contributed by atoms with Gasteiger partial charge in [0, 0.05) is 25.9 Å². The van der Waals surface area contributed by atoms with Gasteiger partial charge in [-0.1, -0.05) is 11.6 Å². The van der Waals surface area contributed by atoms with E-state index in [1.165, 1.54) is 0 Å². The van der Waals surface area contributed by atoms with Crippen molar-refractivity contribution >= 4 is 11.6 Å². The summed E-state index contributed by atoms with van der Waals surface area (Å²) in [4.78, 5) is 7.30. The molecule has 0 unspecified atom stereocenters. The van der Waals surface area contributed by atoms with Crippen LogP contribution < -0.4 is 0 Å². The lowest BCUT2D eigenvalue weighted by Crippen LogP contribution is -2.09. The van der Waals surface area contributed by atoms with Crippen LogP contribution >= 0.6 is 11.6 Å². The lowest BCUT2D eigenvalue weighted by molar-refractivity contribution is -0.138. The Bertz CT molecular complexity index is 564. The number of nitrogens with zero attached hydrogens (tertiary/aromatic N) is 4. The smallest absolute Gasteiger partial charge is 0.276 e. The maximum absolute atomic E-state index is 12.4. The molecule has 2 aromatic rings. The van der Waals surface area contributed by atoms with Gasteiger partial charge in [0.05, 0.1) is 6.20 Å². The van der Waals surface area contributed by atoms with E-state index in [1.54, 1.807) is 24.1 Å². The number of hydrogen-bond acceptors (Lipinski definition) is 3. The fraction of sp³-hybridized carbons (Fsp3) is 0.300. The normalized spacial score (nSPS) is 11.8. The lowest BCUT2D eigenvalue weighted by Gasteiger charge is -2.08. The fourth-order valence-electron chi connectivity index (χ4n) is 1.42. The van der Waals surface area contributed by atoms with E-state index in [9.17, 15) is 13.2 Å². The molecular weight excluding hydrogens is 269 g/mol. The molecule has 0 aliphatic rings. The summed E-state index contributed by atoms with van der Waals surface area (Å²) >= 11 is 5.49. The van der Waals surface area contributed by atoms with Crippen molar-refractivity contribution in [2.75, 3.05) is 0 Å². The average molecular weight is 277 g/mol. The van der Waals surface area contributed by atoms with Crippen LogP contribution in [-0.4, -0.2) is 19.7 Å². The summed E-state index contributed by atoms with van der Waals surface area (Å²) in [5, 5.41) is 3.35. The second kappa shape index (κ2) is 4.56. The van der Waals surface area contributed by atoms with E-state index in [2.05, 4.69) is 15.1 Å². The topological polar surface area (TPSA) is 43.6 Å². The van der Waals surface area contributed by atoms with Crippen molar-refractivity contribution in [3.8, 4) is 0 Å². The highest BCUT2D eigenvalue weighted by molar-refractivity contribution is 6.30. The Morgan fingerprint density at radius 3 is 2.56 bits per heavy atom. The van der Waals surface area contributed by atoms with Crippen molar-refractivity contribution in [2.45, 2.75) is 12.6 Å². The summed E-state index contributed by atoms with van der Waals surface area (Å²) in [5.41, 5.74) is -0.229. The molecule has 0 fully saturated rings. The summed E-state index contributed by atoms with van der Waals surface area (Å²) in [7, 11) is 1.74. The standard InChI is InChI=1S/C10H8ClF3N4/c1-18-5-6(3-16-18)2-8-15-4-7(9(11)17-8)10(12,13)14/h3-5H,2H2,1H3. The monoisotopic (exact) mass is 276 g/mol. The molecule has 0 aromatic carbocycles. The first-order valence-corrected chi connectivity index (χ1v) is 5.30. The Balaban J connectivity index is 2.24. The first kappa shape index (κ1) is 12.8. The molecule has 18 heavy (non-hydrogen) atoms. The molecule has 0 spiro atoms. The van der Waals surface area contributed by atoms with Gasteiger partial charge in [0.1, 0.15) is 16.5 Å². The third-order valence-corrected chi connectivity index (χ3v) is 2.51. The minimum absolute atomic E-state index is 0.223. The second-order valence-electron chi connectivity index (χ2n) is 3.69. The summed E-state index contributed by atoms with van der Waals surface area (Å²) in [6.07, 6.45) is -0.236.